The van der Waals surface area contributed by atoms with Crippen LogP contribution in [-0.4, -0.2) is 47.6 Å². The Morgan fingerprint density at radius 2 is 1.88 bits per heavy atom. The molecule has 1 aliphatic heterocycles. The third kappa shape index (κ3) is 3.46. The predicted octanol–water partition coefficient (Wildman–Crippen LogP) is 2.98. The zero-order valence-corrected chi connectivity index (χ0v) is 11.9. The molecule has 0 radical (unpaired) electrons. The van der Waals surface area contributed by atoms with Crippen molar-refractivity contribution in [2.24, 2.45) is 0 Å². The van der Waals surface area contributed by atoms with Crippen molar-refractivity contribution in [1.82, 2.24) is 9.80 Å². The summed E-state index contributed by atoms with van der Waals surface area (Å²) in [7, 11) is 0. The van der Waals surface area contributed by atoms with E-state index in [1.165, 1.54) is 45.4 Å². The lowest BCUT2D eigenvalue weighted by Gasteiger charge is -2.47. The molecule has 96 valence electrons. The fourth-order valence-electron chi connectivity index (χ4n) is 2.46. The summed E-state index contributed by atoms with van der Waals surface area (Å²) in [6, 6.07) is 0.728. The highest BCUT2D eigenvalue weighted by Gasteiger charge is 2.31. The molecule has 0 aromatic rings. The number of rotatable bonds is 5. The molecule has 1 heterocycles. The lowest BCUT2D eigenvalue weighted by molar-refractivity contribution is 0.0184. The molecule has 16 heavy (non-hydrogen) atoms. The van der Waals surface area contributed by atoms with Crippen molar-refractivity contribution in [3.63, 3.8) is 0 Å². The van der Waals surface area contributed by atoms with Gasteiger partial charge in [-0.15, -0.1) is 0 Å². The number of unbranched alkanes of at least 4 members (excludes halogenated alkanes) is 1. The predicted molar refractivity (Wildman–Crippen MR) is 71.9 cm³/mol. The Labute approximate surface area is 102 Å². The standard InChI is InChI=1S/C14H30N2/c1-6-8-9-15-10-11-16(12-13(15)3)14(4,5)7-2/h13H,6-12H2,1-5H3/t13-/m0/s1. The van der Waals surface area contributed by atoms with Crippen LogP contribution in [0.5, 0.6) is 0 Å². The average molecular weight is 226 g/mol. The van der Waals surface area contributed by atoms with Gasteiger partial charge in [0.1, 0.15) is 0 Å². The van der Waals surface area contributed by atoms with Crippen LogP contribution in [0.4, 0.5) is 0 Å². The number of hydrogen-bond donors (Lipinski definition) is 0. The van der Waals surface area contributed by atoms with E-state index < -0.39 is 0 Å². The minimum absolute atomic E-state index is 0.380. The second-order valence-corrected chi connectivity index (χ2v) is 5.85. The molecular formula is C14H30N2. The van der Waals surface area contributed by atoms with Crippen LogP contribution in [0.15, 0.2) is 0 Å². The SMILES string of the molecule is CCCCN1CCN(C(C)(C)CC)C[C@@H]1C. The van der Waals surface area contributed by atoms with E-state index in [0.29, 0.717) is 5.54 Å². The molecule has 0 aromatic carbocycles. The maximum atomic E-state index is 2.67. The lowest BCUT2D eigenvalue weighted by atomic mass is 9.97. The fourth-order valence-corrected chi connectivity index (χ4v) is 2.46. The van der Waals surface area contributed by atoms with E-state index in [0.717, 1.165) is 6.04 Å². The van der Waals surface area contributed by atoms with Crippen LogP contribution in [0.1, 0.15) is 53.9 Å². The summed E-state index contributed by atoms with van der Waals surface area (Å²) in [6.07, 6.45) is 3.91. The summed E-state index contributed by atoms with van der Waals surface area (Å²) < 4.78 is 0. The molecule has 1 aliphatic rings. The molecule has 0 aromatic heterocycles. The molecule has 0 aliphatic carbocycles. The number of piperazine rings is 1. The van der Waals surface area contributed by atoms with Crippen molar-refractivity contribution < 1.29 is 0 Å². The van der Waals surface area contributed by atoms with Gasteiger partial charge in [-0.2, -0.15) is 0 Å². The maximum absolute atomic E-state index is 2.67. The molecule has 1 rings (SSSR count). The minimum atomic E-state index is 0.380. The summed E-state index contributed by atoms with van der Waals surface area (Å²) in [5.74, 6) is 0. The first-order valence-electron chi connectivity index (χ1n) is 7.00. The highest BCUT2D eigenvalue weighted by Crippen LogP contribution is 2.22. The molecule has 0 unspecified atom stereocenters. The maximum Gasteiger partial charge on any atom is 0.0195 e. The topological polar surface area (TPSA) is 6.48 Å². The van der Waals surface area contributed by atoms with Crippen molar-refractivity contribution in [3.8, 4) is 0 Å². The third-order valence-electron chi connectivity index (χ3n) is 4.29. The molecule has 1 fully saturated rings. The van der Waals surface area contributed by atoms with Gasteiger partial charge in [0.05, 0.1) is 0 Å². The van der Waals surface area contributed by atoms with Crippen LogP contribution in [0.25, 0.3) is 0 Å². The van der Waals surface area contributed by atoms with Crippen molar-refractivity contribution in [1.29, 1.82) is 0 Å². The second kappa shape index (κ2) is 6.02. The summed E-state index contributed by atoms with van der Waals surface area (Å²) in [5.41, 5.74) is 0.380. The Morgan fingerprint density at radius 1 is 1.19 bits per heavy atom. The largest absolute Gasteiger partial charge is 0.298 e. The summed E-state index contributed by atoms with van der Waals surface area (Å²) in [4.78, 5) is 5.33. The number of nitrogens with zero attached hydrogens (tertiary/aromatic N) is 2. The van der Waals surface area contributed by atoms with Gasteiger partial charge in [-0.1, -0.05) is 20.3 Å². The Morgan fingerprint density at radius 3 is 2.38 bits per heavy atom. The monoisotopic (exact) mass is 226 g/mol. The van der Waals surface area contributed by atoms with Gasteiger partial charge >= 0.3 is 0 Å². The fraction of sp³-hybridized carbons (Fsp3) is 1.00. The molecule has 0 spiro atoms. The molecule has 0 N–H and O–H groups in total. The van der Waals surface area contributed by atoms with Gasteiger partial charge < -0.3 is 0 Å². The average Bonchev–Trinajstić information content (AvgIpc) is 2.27. The van der Waals surface area contributed by atoms with Crippen LogP contribution >= 0.6 is 0 Å². The summed E-state index contributed by atoms with van der Waals surface area (Å²) >= 11 is 0. The van der Waals surface area contributed by atoms with Crippen LogP contribution in [-0.2, 0) is 0 Å². The van der Waals surface area contributed by atoms with E-state index in [-0.39, 0.29) is 0 Å². The first kappa shape index (κ1) is 14.0. The molecule has 0 amide bonds. The van der Waals surface area contributed by atoms with Crippen molar-refractivity contribution in [3.05, 3.63) is 0 Å². The van der Waals surface area contributed by atoms with Crippen LogP contribution < -0.4 is 0 Å². The van der Waals surface area contributed by atoms with E-state index in [1.54, 1.807) is 0 Å². The summed E-state index contributed by atoms with van der Waals surface area (Å²) in [5, 5.41) is 0. The van der Waals surface area contributed by atoms with Gasteiger partial charge in [-0.3, -0.25) is 9.80 Å². The zero-order valence-electron chi connectivity index (χ0n) is 11.9. The second-order valence-electron chi connectivity index (χ2n) is 5.85. The molecule has 2 nitrogen and oxygen atoms in total. The van der Waals surface area contributed by atoms with Crippen molar-refractivity contribution >= 4 is 0 Å². The Hall–Kier alpha value is -0.0800. The molecule has 0 bridgehead atoms. The quantitative estimate of drug-likeness (QED) is 0.711. The molecule has 0 saturated carbocycles. The van der Waals surface area contributed by atoms with Gasteiger partial charge in [0.15, 0.2) is 0 Å². The van der Waals surface area contributed by atoms with Crippen molar-refractivity contribution in [2.45, 2.75) is 65.5 Å². The molecule has 1 atom stereocenters. The van der Waals surface area contributed by atoms with Crippen LogP contribution in [0, 0.1) is 0 Å². The van der Waals surface area contributed by atoms with Gasteiger partial charge in [0.2, 0.25) is 0 Å². The normalized spacial score (nSPS) is 24.9. The van der Waals surface area contributed by atoms with E-state index in [2.05, 4.69) is 44.4 Å². The van der Waals surface area contributed by atoms with E-state index in [1.807, 2.05) is 0 Å². The molecular weight excluding hydrogens is 196 g/mol. The smallest absolute Gasteiger partial charge is 0.0195 e. The van der Waals surface area contributed by atoms with Gasteiger partial charge in [-0.25, -0.2) is 0 Å². The van der Waals surface area contributed by atoms with E-state index >= 15 is 0 Å². The van der Waals surface area contributed by atoms with E-state index in [4.69, 9.17) is 0 Å². The van der Waals surface area contributed by atoms with Crippen molar-refractivity contribution in [2.75, 3.05) is 26.2 Å². The Kier molecular flexibility index (Phi) is 5.26. The zero-order chi connectivity index (χ0) is 12.2. The molecule has 2 heteroatoms. The van der Waals surface area contributed by atoms with Gasteiger partial charge in [0.25, 0.3) is 0 Å². The van der Waals surface area contributed by atoms with Gasteiger partial charge in [0, 0.05) is 31.2 Å². The number of hydrogen-bond acceptors (Lipinski definition) is 2. The first-order valence-corrected chi connectivity index (χ1v) is 7.00. The van der Waals surface area contributed by atoms with Crippen LogP contribution in [0.3, 0.4) is 0 Å². The van der Waals surface area contributed by atoms with Crippen LogP contribution in [0.2, 0.25) is 0 Å². The lowest BCUT2D eigenvalue weighted by Crippen LogP contribution is -2.58. The van der Waals surface area contributed by atoms with E-state index in [9.17, 15) is 0 Å². The highest BCUT2D eigenvalue weighted by atomic mass is 15.3. The third-order valence-corrected chi connectivity index (χ3v) is 4.29. The minimum Gasteiger partial charge on any atom is -0.298 e. The molecule has 1 saturated heterocycles. The Balaban J connectivity index is 2.45. The first-order chi connectivity index (χ1) is 7.51. The highest BCUT2D eigenvalue weighted by molar-refractivity contribution is 4.87. The Bertz CT molecular complexity index is 201. The summed E-state index contributed by atoms with van der Waals surface area (Å²) in [6.45, 7) is 16.7. The van der Waals surface area contributed by atoms with Gasteiger partial charge in [-0.05, 0) is 40.2 Å².